The van der Waals surface area contributed by atoms with E-state index in [1.54, 1.807) is 22.9 Å². The molecule has 2 aromatic rings. The summed E-state index contributed by atoms with van der Waals surface area (Å²) in [4.78, 5) is 10.9. The zero-order valence-corrected chi connectivity index (χ0v) is 9.57. The van der Waals surface area contributed by atoms with Gasteiger partial charge in [-0.25, -0.2) is 9.07 Å². The van der Waals surface area contributed by atoms with Gasteiger partial charge in [-0.3, -0.25) is 4.79 Å². The van der Waals surface area contributed by atoms with Crippen LogP contribution in [-0.4, -0.2) is 15.7 Å². The molecular formula is C12H12FN3O. The molecular weight excluding hydrogens is 221 g/mol. The topological polar surface area (TPSA) is 46.9 Å². The van der Waals surface area contributed by atoms with Gasteiger partial charge >= 0.3 is 0 Å². The molecule has 88 valence electrons. The number of amides is 1. The lowest BCUT2D eigenvalue weighted by Gasteiger charge is -2.03. The number of aryl methyl sites for hydroxylation is 1. The quantitative estimate of drug-likeness (QED) is 0.865. The van der Waals surface area contributed by atoms with Crippen LogP contribution < -0.4 is 5.32 Å². The fourth-order valence-electron chi connectivity index (χ4n) is 1.56. The highest BCUT2D eigenvalue weighted by molar-refractivity contribution is 5.87. The molecule has 1 N–H and O–H groups in total. The smallest absolute Gasteiger partial charge is 0.222 e. The molecule has 5 heteroatoms. The van der Waals surface area contributed by atoms with Crippen molar-refractivity contribution in [3.8, 4) is 5.69 Å². The van der Waals surface area contributed by atoms with Gasteiger partial charge in [-0.05, 0) is 31.2 Å². The Morgan fingerprint density at radius 2 is 2.00 bits per heavy atom. The Balaban J connectivity index is 2.35. The van der Waals surface area contributed by atoms with Gasteiger partial charge in [0.25, 0.3) is 0 Å². The van der Waals surface area contributed by atoms with E-state index in [0.29, 0.717) is 5.82 Å². The lowest BCUT2D eigenvalue weighted by molar-refractivity contribution is -0.114. The molecule has 1 heterocycles. The van der Waals surface area contributed by atoms with Gasteiger partial charge in [0, 0.05) is 18.7 Å². The fraction of sp³-hybridized carbons (Fsp3) is 0.167. The van der Waals surface area contributed by atoms with Crippen LogP contribution in [-0.2, 0) is 4.79 Å². The molecule has 2 rings (SSSR count). The third-order valence-corrected chi connectivity index (χ3v) is 2.26. The van der Waals surface area contributed by atoms with Gasteiger partial charge in [0.1, 0.15) is 5.82 Å². The molecule has 1 aromatic carbocycles. The van der Waals surface area contributed by atoms with Crippen LogP contribution in [0.25, 0.3) is 5.69 Å². The Kier molecular flexibility index (Phi) is 2.91. The van der Waals surface area contributed by atoms with Crippen molar-refractivity contribution >= 4 is 11.7 Å². The van der Waals surface area contributed by atoms with E-state index in [0.717, 1.165) is 11.4 Å². The van der Waals surface area contributed by atoms with Gasteiger partial charge in [-0.1, -0.05) is 0 Å². The van der Waals surface area contributed by atoms with Crippen LogP contribution >= 0.6 is 0 Å². The Labute approximate surface area is 98.1 Å². The Morgan fingerprint density at radius 1 is 1.35 bits per heavy atom. The second-order valence-corrected chi connectivity index (χ2v) is 3.74. The maximum atomic E-state index is 12.8. The summed E-state index contributed by atoms with van der Waals surface area (Å²) < 4.78 is 14.4. The standard InChI is InChI=1S/C12H12FN3O/c1-8-7-12(14-9(2)17)15-16(8)11-5-3-10(13)4-6-11/h3-7H,1-2H3,(H,14,15,17). The van der Waals surface area contributed by atoms with Gasteiger partial charge in [0.15, 0.2) is 5.82 Å². The van der Waals surface area contributed by atoms with Crippen LogP contribution in [0.4, 0.5) is 10.2 Å². The fourth-order valence-corrected chi connectivity index (χ4v) is 1.56. The molecule has 0 unspecified atom stereocenters. The van der Waals surface area contributed by atoms with E-state index in [2.05, 4.69) is 10.4 Å². The maximum Gasteiger partial charge on any atom is 0.222 e. The van der Waals surface area contributed by atoms with Gasteiger partial charge in [0.05, 0.1) is 5.69 Å². The van der Waals surface area contributed by atoms with E-state index in [1.807, 2.05) is 6.92 Å². The predicted molar refractivity (Wildman–Crippen MR) is 62.6 cm³/mol. The number of benzene rings is 1. The molecule has 0 spiro atoms. The molecule has 0 aliphatic rings. The summed E-state index contributed by atoms with van der Waals surface area (Å²) in [6.45, 7) is 3.29. The molecule has 0 bridgehead atoms. The summed E-state index contributed by atoms with van der Waals surface area (Å²) in [6.07, 6.45) is 0. The first-order valence-corrected chi connectivity index (χ1v) is 5.16. The summed E-state index contributed by atoms with van der Waals surface area (Å²) in [6, 6.07) is 7.76. The summed E-state index contributed by atoms with van der Waals surface area (Å²) in [5.74, 6) is 0.0220. The van der Waals surface area contributed by atoms with Crippen molar-refractivity contribution < 1.29 is 9.18 Å². The van der Waals surface area contributed by atoms with Crippen LogP contribution in [0, 0.1) is 12.7 Å². The van der Waals surface area contributed by atoms with Crippen LogP contribution in [0.2, 0.25) is 0 Å². The van der Waals surface area contributed by atoms with Crippen LogP contribution in [0.5, 0.6) is 0 Å². The van der Waals surface area contributed by atoms with Crippen molar-refractivity contribution in [3.05, 3.63) is 41.8 Å². The number of nitrogens with zero attached hydrogens (tertiary/aromatic N) is 2. The lowest BCUT2D eigenvalue weighted by atomic mass is 10.3. The van der Waals surface area contributed by atoms with E-state index in [-0.39, 0.29) is 11.7 Å². The molecule has 0 atom stereocenters. The van der Waals surface area contributed by atoms with E-state index in [4.69, 9.17) is 0 Å². The second kappa shape index (κ2) is 4.37. The van der Waals surface area contributed by atoms with Crippen molar-refractivity contribution in [1.29, 1.82) is 0 Å². The van der Waals surface area contributed by atoms with E-state index >= 15 is 0 Å². The number of nitrogens with one attached hydrogen (secondary N) is 1. The first-order valence-electron chi connectivity index (χ1n) is 5.16. The van der Waals surface area contributed by atoms with Crippen molar-refractivity contribution in [2.75, 3.05) is 5.32 Å². The predicted octanol–water partition coefficient (Wildman–Crippen LogP) is 2.28. The minimum Gasteiger partial charge on any atom is -0.309 e. The number of halogens is 1. The number of rotatable bonds is 2. The summed E-state index contributed by atoms with van der Waals surface area (Å²) in [5, 5.41) is 6.81. The number of aromatic nitrogens is 2. The third kappa shape index (κ3) is 2.50. The average molecular weight is 233 g/mol. The zero-order chi connectivity index (χ0) is 12.4. The molecule has 1 aromatic heterocycles. The van der Waals surface area contributed by atoms with Crippen LogP contribution in [0.3, 0.4) is 0 Å². The molecule has 17 heavy (non-hydrogen) atoms. The largest absolute Gasteiger partial charge is 0.309 e. The summed E-state index contributed by atoms with van der Waals surface area (Å²) in [5.41, 5.74) is 1.61. The lowest BCUT2D eigenvalue weighted by Crippen LogP contribution is -2.07. The normalized spacial score (nSPS) is 10.3. The van der Waals surface area contributed by atoms with Crippen molar-refractivity contribution in [2.45, 2.75) is 13.8 Å². The number of hydrogen-bond acceptors (Lipinski definition) is 2. The highest BCUT2D eigenvalue weighted by Gasteiger charge is 2.07. The minimum absolute atomic E-state index is 0.172. The molecule has 0 saturated carbocycles. The molecule has 0 aliphatic heterocycles. The number of hydrogen-bond donors (Lipinski definition) is 1. The molecule has 0 fully saturated rings. The molecule has 0 radical (unpaired) electrons. The highest BCUT2D eigenvalue weighted by Crippen LogP contribution is 2.15. The van der Waals surface area contributed by atoms with E-state index < -0.39 is 0 Å². The monoisotopic (exact) mass is 233 g/mol. The van der Waals surface area contributed by atoms with Crippen molar-refractivity contribution in [2.24, 2.45) is 0 Å². The SMILES string of the molecule is CC(=O)Nc1cc(C)n(-c2ccc(F)cc2)n1. The Hall–Kier alpha value is -2.17. The van der Waals surface area contributed by atoms with Crippen molar-refractivity contribution in [3.63, 3.8) is 0 Å². The first-order chi connectivity index (χ1) is 8.06. The van der Waals surface area contributed by atoms with E-state index in [9.17, 15) is 9.18 Å². The number of carbonyl (C=O) groups is 1. The average Bonchev–Trinajstić information content (AvgIpc) is 2.59. The minimum atomic E-state index is -0.291. The van der Waals surface area contributed by atoms with Gasteiger partial charge in [-0.15, -0.1) is 5.10 Å². The summed E-state index contributed by atoms with van der Waals surface area (Å²) in [7, 11) is 0. The van der Waals surface area contributed by atoms with Gasteiger partial charge in [-0.2, -0.15) is 0 Å². The van der Waals surface area contributed by atoms with E-state index in [1.165, 1.54) is 19.1 Å². The van der Waals surface area contributed by atoms with Crippen LogP contribution in [0.15, 0.2) is 30.3 Å². The zero-order valence-electron chi connectivity index (χ0n) is 9.57. The summed E-state index contributed by atoms with van der Waals surface area (Å²) >= 11 is 0. The van der Waals surface area contributed by atoms with Gasteiger partial charge in [0.2, 0.25) is 5.91 Å². The Morgan fingerprint density at radius 3 is 2.59 bits per heavy atom. The molecule has 1 amide bonds. The van der Waals surface area contributed by atoms with Crippen molar-refractivity contribution in [1.82, 2.24) is 9.78 Å². The number of anilines is 1. The molecule has 4 nitrogen and oxygen atoms in total. The van der Waals surface area contributed by atoms with Crippen LogP contribution in [0.1, 0.15) is 12.6 Å². The number of carbonyl (C=O) groups excluding carboxylic acids is 1. The van der Waals surface area contributed by atoms with Gasteiger partial charge < -0.3 is 5.32 Å². The second-order valence-electron chi connectivity index (χ2n) is 3.74. The molecule has 0 saturated heterocycles. The molecule has 0 aliphatic carbocycles. The maximum absolute atomic E-state index is 12.8. The first kappa shape index (κ1) is 11.3. The Bertz CT molecular complexity index is 545. The third-order valence-electron chi connectivity index (χ3n) is 2.26. The highest BCUT2D eigenvalue weighted by atomic mass is 19.1.